The first kappa shape index (κ1) is 14.1. The van der Waals surface area contributed by atoms with Crippen LogP contribution in [0.25, 0.3) is 0 Å². The Hall–Kier alpha value is -1.99. The third-order valence-electron chi connectivity index (χ3n) is 2.23. The summed E-state index contributed by atoms with van der Waals surface area (Å²) in [6, 6.07) is 6.47. The molecule has 0 amide bonds. The molecule has 0 radical (unpaired) electrons. The normalized spacial score (nSPS) is 9.39. The van der Waals surface area contributed by atoms with Crippen molar-refractivity contribution in [1.82, 2.24) is 5.32 Å². The van der Waals surface area contributed by atoms with Crippen LogP contribution in [0.5, 0.6) is 5.75 Å². The van der Waals surface area contributed by atoms with E-state index in [9.17, 15) is 4.79 Å². The van der Waals surface area contributed by atoms with Gasteiger partial charge in [0.2, 0.25) is 0 Å². The summed E-state index contributed by atoms with van der Waals surface area (Å²) in [4.78, 5) is 10.7. The molecule has 0 atom stereocenters. The number of hydrogen-bond acceptors (Lipinski definition) is 3. The average Bonchev–Trinajstić information content (AvgIpc) is 2.38. The minimum atomic E-state index is -0.947. The molecule has 0 aliphatic carbocycles. The third kappa shape index (κ3) is 5.37. The molecule has 2 N–H and O–H groups in total. The Balaban J connectivity index is 2.24. The van der Waals surface area contributed by atoms with Gasteiger partial charge in [-0.05, 0) is 25.1 Å². The SMILES string of the molecule is CC#CCCNCCOc1cccc(C(=O)O)c1. The molecular weight excluding hydrogens is 230 g/mol. The van der Waals surface area contributed by atoms with Crippen LogP contribution in [0, 0.1) is 11.8 Å². The molecule has 0 unspecified atom stereocenters. The van der Waals surface area contributed by atoms with Crippen LogP contribution in [0.1, 0.15) is 23.7 Å². The molecule has 1 aromatic rings. The number of carbonyl (C=O) groups is 1. The molecule has 0 saturated carbocycles. The molecule has 4 nitrogen and oxygen atoms in total. The number of carboxylic acid groups (broad SMARTS) is 1. The van der Waals surface area contributed by atoms with E-state index in [0.717, 1.165) is 13.0 Å². The van der Waals surface area contributed by atoms with E-state index in [0.29, 0.717) is 18.9 Å². The number of ether oxygens (including phenoxy) is 1. The number of hydrogen-bond donors (Lipinski definition) is 2. The van der Waals surface area contributed by atoms with Crippen LogP contribution < -0.4 is 10.1 Å². The van der Waals surface area contributed by atoms with Crippen LogP contribution in [0.4, 0.5) is 0 Å². The van der Waals surface area contributed by atoms with Crippen LogP contribution in [-0.2, 0) is 0 Å². The highest BCUT2D eigenvalue weighted by atomic mass is 16.5. The van der Waals surface area contributed by atoms with Crippen molar-refractivity contribution in [1.29, 1.82) is 0 Å². The van der Waals surface area contributed by atoms with E-state index in [4.69, 9.17) is 9.84 Å². The standard InChI is InChI=1S/C14H17NO3/c1-2-3-4-8-15-9-10-18-13-7-5-6-12(11-13)14(16)17/h5-7,11,15H,4,8-10H2,1H3,(H,16,17). The lowest BCUT2D eigenvalue weighted by atomic mass is 10.2. The van der Waals surface area contributed by atoms with E-state index >= 15 is 0 Å². The first-order valence-corrected chi connectivity index (χ1v) is 5.80. The number of nitrogens with one attached hydrogen (secondary N) is 1. The van der Waals surface area contributed by atoms with Crippen molar-refractivity contribution in [2.45, 2.75) is 13.3 Å². The summed E-state index contributed by atoms with van der Waals surface area (Å²) < 4.78 is 5.44. The maximum absolute atomic E-state index is 10.7. The maximum Gasteiger partial charge on any atom is 0.335 e. The maximum atomic E-state index is 10.7. The minimum Gasteiger partial charge on any atom is -0.492 e. The lowest BCUT2D eigenvalue weighted by molar-refractivity contribution is 0.0696. The first-order valence-electron chi connectivity index (χ1n) is 5.80. The van der Waals surface area contributed by atoms with Gasteiger partial charge in [0.15, 0.2) is 0 Å². The second-order valence-electron chi connectivity index (χ2n) is 3.61. The summed E-state index contributed by atoms with van der Waals surface area (Å²) in [5.74, 6) is 5.41. The number of carboxylic acids is 1. The van der Waals surface area contributed by atoms with Gasteiger partial charge in [0.1, 0.15) is 12.4 Å². The number of aromatic carboxylic acids is 1. The summed E-state index contributed by atoms with van der Waals surface area (Å²) in [6.07, 6.45) is 0.824. The van der Waals surface area contributed by atoms with E-state index in [1.165, 1.54) is 12.1 Å². The van der Waals surface area contributed by atoms with E-state index in [1.54, 1.807) is 12.1 Å². The first-order chi connectivity index (χ1) is 8.74. The predicted octanol–water partition coefficient (Wildman–Crippen LogP) is 1.77. The van der Waals surface area contributed by atoms with Crippen LogP contribution in [0.15, 0.2) is 24.3 Å². The van der Waals surface area contributed by atoms with Crippen LogP contribution >= 0.6 is 0 Å². The van der Waals surface area contributed by atoms with Gasteiger partial charge in [-0.1, -0.05) is 6.07 Å². The van der Waals surface area contributed by atoms with Gasteiger partial charge < -0.3 is 15.2 Å². The van der Waals surface area contributed by atoms with Crippen molar-refractivity contribution in [2.75, 3.05) is 19.7 Å². The quantitative estimate of drug-likeness (QED) is 0.569. The average molecular weight is 247 g/mol. The lowest BCUT2D eigenvalue weighted by Gasteiger charge is -2.07. The third-order valence-corrected chi connectivity index (χ3v) is 2.23. The summed E-state index contributed by atoms with van der Waals surface area (Å²) in [7, 11) is 0. The molecule has 0 saturated heterocycles. The zero-order valence-corrected chi connectivity index (χ0v) is 10.4. The van der Waals surface area contributed by atoms with E-state index in [-0.39, 0.29) is 5.56 Å². The number of rotatable bonds is 7. The van der Waals surface area contributed by atoms with Crippen molar-refractivity contribution in [3.63, 3.8) is 0 Å². The molecule has 0 aromatic heterocycles. The zero-order valence-electron chi connectivity index (χ0n) is 10.4. The number of benzene rings is 1. The highest BCUT2D eigenvalue weighted by molar-refractivity contribution is 5.87. The highest BCUT2D eigenvalue weighted by Gasteiger charge is 2.03. The fraction of sp³-hybridized carbons (Fsp3) is 0.357. The fourth-order valence-corrected chi connectivity index (χ4v) is 1.36. The van der Waals surface area contributed by atoms with E-state index in [1.807, 2.05) is 6.92 Å². The van der Waals surface area contributed by atoms with Gasteiger partial charge in [-0.15, -0.1) is 11.8 Å². The van der Waals surface area contributed by atoms with Gasteiger partial charge in [0, 0.05) is 19.5 Å². The molecule has 0 fully saturated rings. The van der Waals surface area contributed by atoms with Crippen LogP contribution in [0.2, 0.25) is 0 Å². The topological polar surface area (TPSA) is 58.6 Å². The second kappa shape index (κ2) is 8.15. The van der Waals surface area contributed by atoms with Gasteiger partial charge in [-0.25, -0.2) is 4.79 Å². The van der Waals surface area contributed by atoms with Gasteiger partial charge in [0.05, 0.1) is 5.56 Å². The largest absolute Gasteiger partial charge is 0.492 e. The molecule has 0 aliphatic rings. The van der Waals surface area contributed by atoms with Gasteiger partial charge >= 0.3 is 5.97 Å². The molecule has 18 heavy (non-hydrogen) atoms. The molecule has 0 heterocycles. The molecule has 0 bridgehead atoms. The summed E-state index contributed by atoms with van der Waals surface area (Å²) in [5.41, 5.74) is 0.235. The Labute approximate surface area is 107 Å². The molecule has 4 heteroatoms. The molecule has 1 aromatic carbocycles. The van der Waals surface area contributed by atoms with Crippen molar-refractivity contribution >= 4 is 5.97 Å². The lowest BCUT2D eigenvalue weighted by Crippen LogP contribution is -2.21. The zero-order chi connectivity index (χ0) is 13.2. The highest BCUT2D eigenvalue weighted by Crippen LogP contribution is 2.12. The second-order valence-corrected chi connectivity index (χ2v) is 3.61. The van der Waals surface area contributed by atoms with Gasteiger partial charge in [0.25, 0.3) is 0 Å². The van der Waals surface area contributed by atoms with Crippen molar-refractivity contribution in [3.8, 4) is 17.6 Å². The summed E-state index contributed by atoms with van der Waals surface area (Å²) in [5, 5.41) is 12.0. The molecular formula is C14H17NO3. The fourth-order valence-electron chi connectivity index (χ4n) is 1.36. The molecule has 0 spiro atoms. The van der Waals surface area contributed by atoms with E-state index < -0.39 is 5.97 Å². The summed E-state index contributed by atoms with van der Waals surface area (Å²) in [6.45, 7) is 3.86. The van der Waals surface area contributed by atoms with Crippen molar-refractivity contribution in [2.24, 2.45) is 0 Å². The van der Waals surface area contributed by atoms with Gasteiger partial charge in [-0.2, -0.15) is 0 Å². The molecule has 96 valence electrons. The Bertz CT molecular complexity index is 446. The molecule has 1 rings (SSSR count). The van der Waals surface area contributed by atoms with E-state index in [2.05, 4.69) is 17.2 Å². The van der Waals surface area contributed by atoms with Crippen LogP contribution in [0.3, 0.4) is 0 Å². The summed E-state index contributed by atoms with van der Waals surface area (Å²) >= 11 is 0. The van der Waals surface area contributed by atoms with Crippen molar-refractivity contribution in [3.05, 3.63) is 29.8 Å². The predicted molar refractivity (Wildman–Crippen MR) is 69.8 cm³/mol. The van der Waals surface area contributed by atoms with Crippen molar-refractivity contribution < 1.29 is 14.6 Å². The Kier molecular flexibility index (Phi) is 6.37. The Morgan fingerprint density at radius 2 is 2.28 bits per heavy atom. The Morgan fingerprint density at radius 1 is 1.44 bits per heavy atom. The molecule has 0 aliphatic heterocycles. The Morgan fingerprint density at radius 3 is 3.00 bits per heavy atom. The monoisotopic (exact) mass is 247 g/mol. The smallest absolute Gasteiger partial charge is 0.335 e. The van der Waals surface area contributed by atoms with Gasteiger partial charge in [-0.3, -0.25) is 0 Å². The van der Waals surface area contributed by atoms with Crippen LogP contribution in [-0.4, -0.2) is 30.8 Å². The minimum absolute atomic E-state index is 0.235.